The van der Waals surface area contributed by atoms with Crippen LogP contribution < -0.4 is 5.32 Å². The zero-order valence-electron chi connectivity index (χ0n) is 16.7. The first-order valence-electron chi connectivity index (χ1n) is 9.35. The summed E-state index contributed by atoms with van der Waals surface area (Å²) in [7, 11) is -3.59. The van der Waals surface area contributed by atoms with Crippen LogP contribution in [0.1, 0.15) is 9.80 Å². The number of rotatable bonds is 5. The van der Waals surface area contributed by atoms with E-state index in [1.54, 1.807) is 18.2 Å². The number of amides is 1. The number of benzene rings is 3. The lowest BCUT2D eigenvalue weighted by Gasteiger charge is -2.08. The summed E-state index contributed by atoms with van der Waals surface area (Å²) < 4.78 is 51.6. The Balaban J connectivity index is 1.85. The van der Waals surface area contributed by atoms with Gasteiger partial charge in [-0.05, 0) is 42.0 Å². The molecule has 0 atom stereocenters. The summed E-state index contributed by atoms with van der Waals surface area (Å²) in [6.45, 7) is 0. The third-order valence-electron chi connectivity index (χ3n) is 4.55. The Hall–Kier alpha value is -3.43. The summed E-state index contributed by atoms with van der Waals surface area (Å²) in [5, 5.41) is 2.64. The van der Waals surface area contributed by atoms with E-state index in [2.05, 4.69) is 10.3 Å². The van der Waals surface area contributed by atoms with Gasteiger partial charge in [0.25, 0.3) is 5.91 Å². The average molecular weight is 471 g/mol. The van der Waals surface area contributed by atoms with Gasteiger partial charge < -0.3 is 5.32 Å². The van der Waals surface area contributed by atoms with Gasteiger partial charge in [0.1, 0.15) is 11.6 Å². The van der Waals surface area contributed by atoms with Gasteiger partial charge in [0.2, 0.25) is 0 Å². The fraction of sp³-hybridized carbons (Fsp3) is 0.0435. The van der Waals surface area contributed by atoms with E-state index in [-0.39, 0.29) is 21.3 Å². The summed E-state index contributed by atoms with van der Waals surface area (Å²) in [6, 6.07) is 17.4. The number of sulfone groups is 1. The van der Waals surface area contributed by atoms with Gasteiger partial charge in [-0.25, -0.2) is 22.2 Å². The highest BCUT2D eigenvalue weighted by molar-refractivity contribution is 7.90. The van der Waals surface area contributed by atoms with Crippen molar-refractivity contribution in [1.29, 1.82) is 0 Å². The molecule has 0 unspecified atom stereocenters. The van der Waals surface area contributed by atoms with Crippen molar-refractivity contribution < 1.29 is 22.0 Å². The van der Waals surface area contributed by atoms with Gasteiger partial charge in [-0.3, -0.25) is 4.79 Å². The van der Waals surface area contributed by atoms with Crippen molar-refractivity contribution >= 4 is 32.8 Å². The van der Waals surface area contributed by atoms with Crippen molar-refractivity contribution in [3.63, 3.8) is 0 Å². The lowest BCUT2D eigenvalue weighted by atomic mass is 10.1. The SMILES string of the molecule is CS(=O)(=O)c1ccccc1-c1nc(C(=O)Nc2cccc(F)c2)sc1-c1ccc(F)cc1. The number of thiazole rings is 1. The van der Waals surface area contributed by atoms with E-state index in [0.717, 1.165) is 17.6 Å². The van der Waals surface area contributed by atoms with E-state index < -0.39 is 27.4 Å². The van der Waals surface area contributed by atoms with Crippen LogP contribution in [0.3, 0.4) is 0 Å². The molecule has 0 spiro atoms. The first-order chi connectivity index (χ1) is 15.2. The largest absolute Gasteiger partial charge is 0.320 e. The molecule has 5 nitrogen and oxygen atoms in total. The molecule has 0 saturated carbocycles. The minimum Gasteiger partial charge on any atom is -0.320 e. The van der Waals surface area contributed by atoms with Gasteiger partial charge in [0.15, 0.2) is 14.8 Å². The van der Waals surface area contributed by atoms with Crippen LogP contribution in [-0.4, -0.2) is 25.6 Å². The van der Waals surface area contributed by atoms with Gasteiger partial charge in [-0.15, -0.1) is 11.3 Å². The molecule has 0 fully saturated rings. The van der Waals surface area contributed by atoms with Crippen molar-refractivity contribution in [1.82, 2.24) is 4.98 Å². The molecule has 0 saturated heterocycles. The van der Waals surface area contributed by atoms with Crippen molar-refractivity contribution in [2.24, 2.45) is 0 Å². The zero-order chi connectivity index (χ0) is 22.9. The second kappa shape index (κ2) is 8.60. The zero-order valence-corrected chi connectivity index (χ0v) is 18.3. The molecule has 0 bridgehead atoms. The normalized spacial score (nSPS) is 11.3. The number of aromatic nitrogens is 1. The predicted octanol–water partition coefficient (Wildman–Crippen LogP) is 5.41. The Labute approximate surface area is 187 Å². The Morgan fingerprint density at radius 2 is 1.66 bits per heavy atom. The van der Waals surface area contributed by atoms with E-state index in [1.165, 1.54) is 54.6 Å². The van der Waals surface area contributed by atoms with Crippen molar-refractivity contribution in [2.75, 3.05) is 11.6 Å². The number of carbonyl (C=O) groups is 1. The summed E-state index contributed by atoms with van der Waals surface area (Å²) in [4.78, 5) is 17.8. The van der Waals surface area contributed by atoms with E-state index in [0.29, 0.717) is 16.0 Å². The maximum atomic E-state index is 13.5. The topological polar surface area (TPSA) is 76.1 Å². The number of hydrogen-bond acceptors (Lipinski definition) is 5. The summed E-state index contributed by atoms with van der Waals surface area (Å²) in [5.41, 5.74) is 1.45. The maximum absolute atomic E-state index is 13.5. The van der Waals surface area contributed by atoms with Crippen LogP contribution in [0.15, 0.2) is 77.7 Å². The van der Waals surface area contributed by atoms with Crippen molar-refractivity contribution in [3.05, 3.63) is 89.4 Å². The number of hydrogen-bond donors (Lipinski definition) is 1. The second-order valence-electron chi connectivity index (χ2n) is 6.94. The maximum Gasteiger partial charge on any atom is 0.284 e. The molecule has 162 valence electrons. The Kier molecular flexibility index (Phi) is 5.86. The summed E-state index contributed by atoms with van der Waals surface area (Å²) >= 11 is 1.03. The Morgan fingerprint density at radius 3 is 2.34 bits per heavy atom. The number of anilines is 1. The van der Waals surface area contributed by atoms with Gasteiger partial charge in [-0.1, -0.05) is 36.4 Å². The van der Waals surface area contributed by atoms with E-state index in [9.17, 15) is 22.0 Å². The molecule has 1 amide bonds. The lowest BCUT2D eigenvalue weighted by Crippen LogP contribution is -2.11. The van der Waals surface area contributed by atoms with E-state index in [4.69, 9.17) is 0 Å². The first kappa shape index (κ1) is 21.8. The van der Waals surface area contributed by atoms with E-state index in [1.807, 2.05) is 0 Å². The summed E-state index contributed by atoms with van der Waals surface area (Å²) in [6.07, 6.45) is 1.09. The van der Waals surface area contributed by atoms with Gasteiger partial charge in [-0.2, -0.15) is 0 Å². The number of halogens is 2. The highest BCUT2D eigenvalue weighted by Crippen LogP contribution is 2.39. The van der Waals surface area contributed by atoms with Gasteiger partial charge in [0, 0.05) is 17.5 Å². The van der Waals surface area contributed by atoms with Gasteiger partial charge in [0.05, 0.1) is 15.5 Å². The molecule has 1 aromatic heterocycles. The van der Waals surface area contributed by atoms with Crippen LogP contribution in [-0.2, 0) is 9.84 Å². The van der Waals surface area contributed by atoms with Crippen molar-refractivity contribution in [3.8, 4) is 21.7 Å². The Morgan fingerprint density at radius 1 is 0.938 bits per heavy atom. The molecule has 4 rings (SSSR count). The molecule has 32 heavy (non-hydrogen) atoms. The summed E-state index contributed by atoms with van der Waals surface area (Å²) in [5.74, 6) is -1.51. The fourth-order valence-corrected chi connectivity index (χ4v) is 5.00. The van der Waals surface area contributed by atoms with Crippen molar-refractivity contribution in [2.45, 2.75) is 4.90 Å². The molecular weight excluding hydrogens is 454 g/mol. The molecule has 4 aromatic rings. The predicted molar refractivity (Wildman–Crippen MR) is 120 cm³/mol. The van der Waals surface area contributed by atoms with Gasteiger partial charge >= 0.3 is 0 Å². The minimum absolute atomic E-state index is 0.0480. The fourth-order valence-electron chi connectivity index (χ4n) is 3.13. The molecule has 0 aliphatic carbocycles. The smallest absolute Gasteiger partial charge is 0.284 e. The molecule has 3 aromatic carbocycles. The number of nitrogens with one attached hydrogen (secondary N) is 1. The van der Waals surface area contributed by atoms with Crippen LogP contribution >= 0.6 is 11.3 Å². The number of carbonyl (C=O) groups excluding carboxylic acids is 1. The van der Waals surface area contributed by atoms with E-state index >= 15 is 0 Å². The Bertz CT molecular complexity index is 1420. The molecule has 1 heterocycles. The van der Waals surface area contributed by atoms with Crippen LogP contribution in [0, 0.1) is 11.6 Å². The molecule has 0 aliphatic rings. The van der Waals surface area contributed by atoms with Crippen LogP contribution in [0.5, 0.6) is 0 Å². The molecule has 9 heteroatoms. The molecule has 0 aliphatic heterocycles. The molecule has 0 radical (unpaired) electrons. The second-order valence-corrected chi connectivity index (χ2v) is 9.92. The molecule has 1 N–H and O–H groups in total. The average Bonchev–Trinajstić information content (AvgIpc) is 3.19. The minimum atomic E-state index is -3.59. The third kappa shape index (κ3) is 4.58. The van der Waals surface area contributed by atoms with Crippen LogP contribution in [0.4, 0.5) is 14.5 Å². The highest BCUT2D eigenvalue weighted by Gasteiger charge is 2.23. The standard InChI is InChI=1S/C23H16F2N2O3S2/c1-32(29,30)19-8-3-2-7-18(19)20-21(14-9-11-15(24)12-10-14)31-23(27-20)22(28)26-17-6-4-5-16(25)13-17/h2-13H,1H3,(H,26,28). The monoisotopic (exact) mass is 470 g/mol. The quantitative estimate of drug-likeness (QED) is 0.423. The lowest BCUT2D eigenvalue weighted by molar-refractivity contribution is 0.102. The highest BCUT2D eigenvalue weighted by atomic mass is 32.2. The molecular formula is C23H16F2N2O3S2. The van der Waals surface area contributed by atoms with Crippen LogP contribution in [0.25, 0.3) is 21.7 Å². The first-order valence-corrected chi connectivity index (χ1v) is 12.1. The van der Waals surface area contributed by atoms with Crippen LogP contribution in [0.2, 0.25) is 0 Å². The third-order valence-corrected chi connectivity index (χ3v) is 6.81. The number of nitrogens with zero attached hydrogens (tertiary/aromatic N) is 1.